The van der Waals surface area contributed by atoms with Gasteiger partial charge in [0.05, 0.1) is 5.92 Å². The molecule has 40 valence electrons. The van der Waals surface area contributed by atoms with Crippen LogP contribution in [0.3, 0.4) is 0 Å². The molecule has 0 saturated carbocycles. The summed E-state index contributed by atoms with van der Waals surface area (Å²) in [4.78, 5) is 9.70. The third-order valence-electron chi connectivity index (χ3n) is 0.494. The van der Waals surface area contributed by atoms with Crippen LogP contribution in [-0.4, -0.2) is 11.1 Å². The van der Waals surface area contributed by atoms with Crippen LogP contribution in [0, 0.1) is 5.92 Å². The Morgan fingerprint density at radius 1 is 1.57 bits per heavy atom. The van der Waals surface area contributed by atoms with Crippen molar-refractivity contribution in [2.45, 2.75) is 13.8 Å². The summed E-state index contributed by atoms with van der Waals surface area (Å²) in [5.74, 6) is -0.972. The Morgan fingerprint density at radius 3 is 1.71 bits per heavy atom. The number of rotatable bonds is 1. The van der Waals surface area contributed by atoms with Crippen molar-refractivity contribution in [1.82, 2.24) is 0 Å². The minimum Gasteiger partial charge on any atom is -0.481 e. The minimum absolute atomic E-state index is 0. The van der Waals surface area contributed by atoms with Crippen molar-refractivity contribution in [2.75, 3.05) is 0 Å². The molecule has 0 aliphatic heterocycles. The molecular formula is C4H8O2Ti. The zero-order valence-electron chi connectivity index (χ0n) is 4.43. The first-order valence-corrected chi connectivity index (χ1v) is 1.87. The molecule has 0 aromatic carbocycles. The molecule has 0 fully saturated rings. The van der Waals surface area contributed by atoms with Crippen LogP contribution in [0.5, 0.6) is 0 Å². The maximum absolute atomic E-state index is 9.70. The molecule has 0 aliphatic rings. The quantitative estimate of drug-likeness (QED) is 0.539. The van der Waals surface area contributed by atoms with Crippen LogP contribution in [0.1, 0.15) is 13.8 Å². The Morgan fingerprint density at radius 2 is 1.71 bits per heavy atom. The Balaban J connectivity index is 0. The molecule has 1 N–H and O–H groups in total. The van der Waals surface area contributed by atoms with Crippen LogP contribution in [0.25, 0.3) is 0 Å². The van der Waals surface area contributed by atoms with E-state index in [2.05, 4.69) is 0 Å². The maximum Gasteiger partial charge on any atom is 0.305 e. The number of carboxylic acid groups (broad SMARTS) is 1. The summed E-state index contributed by atoms with van der Waals surface area (Å²) < 4.78 is 0. The van der Waals surface area contributed by atoms with E-state index in [4.69, 9.17) is 5.11 Å². The zero-order valence-corrected chi connectivity index (χ0v) is 5.99. The molecule has 0 amide bonds. The van der Waals surface area contributed by atoms with Gasteiger partial charge in [0, 0.05) is 21.7 Å². The molecule has 0 spiro atoms. The molecule has 0 aliphatic carbocycles. The van der Waals surface area contributed by atoms with E-state index in [1.54, 1.807) is 13.8 Å². The SMILES string of the molecule is CC(C)C(=O)O.[Ti]. The summed E-state index contributed by atoms with van der Waals surface area (Å²) in [5.41, 5.74) is 0. The van der Waals surface area contributed by atoms with Crippen LogP contribution in [0.15, 0.2) is 0 Å². The van der Waals surface area contributed by atoms with Crippen LogP contribution in [-0.2, 0) is 26.5 Å². The van der Waals surface area contributed by atoms with Crippen molar-refractivity contribution in [1.29, 1.82) is 0 Å². The van der Waals surface area contributed by atoms with Gasteiger partial charge in [-0.2, -0.15) is 0 Å². The first-order valence-electron chi connectivity index (χ1n) is 1.87. The molecule has 0 aromatic heterocycles. The monoisotopic (exact) mass is 136 g/mol. The largest absolute Gasteiger partial charge is 0.481 e. The Labute approximate surface area is 57.8 Å². The summed E-state index contributed by atoms with van der Waals surface area (Å²) in [7, 11) is 0. The standard InChI is InChI=1S/C4H8O2.Ti/c1-3(2)4(5)6;/h3H,1-2H3,(H,5,6);. The fourth-order valence-electron chi connectivity index (χ4n) is 0. The first kappa shape index (κ1) is 10.2. The van der Waals surface area contributed by atoms with Crippen LogP contribution < -0.4 is 0 Å². The van der Waals surface area contributed by atoms with Gasteiger partial charge in [-0.05, 0) is 0 Å². The zero-order chi connectivity index (χ0) is 5.15. The number of hydrogen-bond donors (Lipinski definition) is 1. The third-order valence-corrected chi connectivity index (χ3v) is 0.494. The second kappa shape index (κ2) is 4.35. The van der Waals surface area contributed by atoms with E-state index < -0.39 is 5.97 Å². The molecular weight excluding hydrogens is 128 g/mol. The molecule has 2 nitrogen and oxygen atoms in total. The minimum atomic E-state index is -0.741. The van der Waals surface area contributed by atoms with E-state index in [1.165, 1.54) is 0 Å². The predicted molar refractivity (Wildman–Crippen MR) is 22.5 cm³/mol. The van der Waals surface area contributed by atoms with Crippen molar-refractivity contribution in [3.05, 3.63) is 0 Å². The van der Waals surface area contributed by atoms with Crippen molar-refractivity contribution < 1.29 is 31.6 Å². The van der Waals surface area contributed by atoms with Gasteiger partial charge in [0.15, 0.2) is 0 Å². The fourth-order valence-corrected chi connectivity index (χ4v) is 0. The topological polar surface area (TPSA) is 37.3 Å². The van der Waals surface area contributed by atoms with Crippen LogP contribution in [0.4, 0.5) is 0 Å². The van der Waals surface area contributed by atoms with Gasteiger partial charge in [0.2, 0.25) is 0 Å². The molecule has 0 rings (SSSR count). The third kappa shape index (κ3) is 6.18. The molecule has 3 heteroatoms. The number of aliphatic carboxylic acids is 1. The normalized spacial score (nSPS) is 7.86. The molecule has 0 atom stereocenters. The van der Waals surface area contributed by atoms with Gasteiger partial charge in [-0.15, -0.1) is 0 Å². The van der Waals surface area contributed by atoms with E-state index in [0.717, 1.165) is 0 Å². The van der Waals surface area contributed by atoms with E-state index in [-0.39, 0.29) is 27.6 Å². The Bertz CT molecular complexity index is 60.7. The van der Waals surface area contributed by atoms with Crippen LogP contribution >= 0.6 is 0 Å². The van der Waals surface area contributed by atoms with Gasteiger partial charge in [0.25, 0.3) is 0 Å². The summed E-state index contributed by atoms with van der Waals surface area (Å²) in [6.45, 7) is 3.28. The average molecular weight is 136 g/mol. The first-order chi connectivity index (χ1) is 2.64. The van der Waals surface area contributed by atoms with Crippen molar-refractivity contribution >= 4 is 5.97 Å². The molecule has 0 bridgehead atoms. The summed E-state index contributed by atoms with van der Waals surface area (Å²) in [6, 6.07) is 0. The molecule has 0 unspecified atom stereocenters. The van der Waals surface area contributed by atoms with Gasteiger partial charge in [-0.25, -0.2) is 0 Å². The number of hydrogen-bond acceptors (Lipinski definition) is 1. The molecule has 0 heterocycles. The van der Waals surface area contributed by atoms with Gasteiger partial charge in [-0.1, -0.05) is 13.8 Å². The molecule has 0 saturated heterocycles. The average Bonchev–Trinajstić information content (AvgIpc) is 1.36. The summed E-state index contributed by atoms with van der Waals surface area (Å²) >= 11 is 0. The Hall–Kier alpha value is 0.184. The number of carboxylic acids is 1. The van der Waals surface area contributed by atoms with Gasteiger partial charge < -0.3 is 5.11 Å². The fraction of sp³-hybridized carbons (Fsp3) is 0.750. The van der Waals surface area contributed by atoms with Gasteiger partial charge in [0.1, 0.15) is 0 Å². The molecule has 7 heavy (non-hydrogen) atoms. The van der Waals surface area contributed by atoms with Crippen LogP contribution in [0.2, 0.25) is 0 Å². The predicted octanol–water partition coefficient (Wildman–Crippen LogP) is 0.724. The van der Waals surface area contributed by atoms with Crippen molar-refractivity contribution in [3.63, 3.8) is 0 Å². The van der Waals surface area contributed by atoms with Gasteiger partial charge in [-0.3, -0.25) is 4.79 Å². The number of carbonyl (C=O) groups is 1. The van der Waals surface area contributed by atoms with Crippen molar-refractivity contribution in [3.8, 4) is 0 Å². The molecule has 0 radical (unpaired) electrons. The second-order valence-corrected chi connectivity index (χ2v) is 1.49. The summed E-state index contributed by atoms with van der Waals surface area (Å²) in [5, 5.41) is 7.99. The smallest absolute Gasteiger partial charge is 0.305 e. The van der Waals surface area contributed by atoms with E-state index in [0.29, 0.717) is 0 Å². The second-order valence-electron chi connectivity index (χ2n) is 1.49. The molecule has 0 aromatic rings. The summed E-state index contributed by atoms with van der Waals surface area (Å²) in [6.07, 6.45) is 0. The maximum atomic E-state index is 9.70. The van der Waals surface area contributed by atoms with E-state index in [1.807, 2.05) is 0 Å². The van der Waals surface area contributed by atoms with E-state index in [9.17, 15) is 4.79 Å². The Kier molecular flexibility index (Phi) is 6.35. The van der Waals surface area contributed by atoms with Gasteiger partial charge >= 0.3 is 5.97 Å². The van der Waals surface area contributed by atoms with Crippen molar-refractivity contribution in [2.24, 2.45) is 5.92 Å². The van der Waals surface area contributed by atoms with E-state index >= 15 is 0 Å².